The number of nitrogens with one attached hydrogen (secondary N) is 1. The Hall–Kier alpha value is -1.81. The first-order valence-corrected chi connectivity index (χ1v) is 6.10. The van der Waals surface area contributed by atoms with Crippen molar-refractivity contribution in [3.63, 3.8) is 0 Å². The van der Waals surface area contributed by atoms with Crippen LogP contribution in [0.25, 0.3) is 0 Å². The van der Waals surface area contributed by atoms with E-state index >= 15 is 0 Å². The number of nitrogens with zero attached hydrogens (tertiary/aromatic N) is 1. The quantitative estimate of drug-likeness (QED) is 0.918. The zero-order chi connectivity index (χ0) is 14.0. The lowest BCUT2D eigenvalue weighted by Gasteiger charge is -2.19. The van der Waals surface area contributed by atoms with Crippen molar-refractivity contribution in [1.29, 1.82) is 0 Å². The van der Waals surface area contributed by atoms with Crippen LogP contribution in [0.5, 0.6) is 0 Å². The molecule has 0 spiro atoms. The SMILES string of the molecule is CNC(c1cccc(C)n1)c1c(F)ccc(C)c1F. The molecule has 0 aliphatic heterocycles. The lowest BCUT2D eigenvalue weighted by molar-refractivity contribution is 0.513. The van der Waals surface area contributed by atoms with Crippen molar-refractivity contribution in [2.24, 2.45) is 0 Å². The van der Waals surface area contributed by atoms with E-state index in [0.29, 0.717) is 11.3 Å². The number of aryl methyl sites for hydroxylation is 2. The summed E-state index contributed by atoms with van der Waals surface area (Å²) >= 11 is 0. The third-order valence-electron chi connectivity index (χ3n) is 3.10. The first kappa shape index (κ1) is 13.6. The van der Waals surface area contributed by atoms with E-state index in [9.17, 15) is 8.78 Å². The van der Waals surface area contributed by atoms with Crippen molar-refractivity contribution in [3.05, 3.63) is 64.5 Å². The van der Waals surface area contributed by atoms with Gasteiger partial charge >= 0.3 is 0 Å². The summed E-state index contributed by atoms with van der Waals surface area (Å²) < 4.78 is 28.1. The second-order valence-corrected chi connectivity index (χ2v) is 4.52. The predicted octanol–water partition coefficient (Wildman–Crippen LogP) is 3.29. The highest BCUT2D eigenvalue weighted by atomic mass is 19.1. The van der Waals surface area contributed by atoms with Gasteiger partial charge in [0.05, 0.1) is 11.7 Å². The Kier molecular flexibility index (Phi) is 3.90. The third-order valence-corrected chi connectivity index (χ3v) is 3.10. The van der Waals surface area contributed by atoms with Crippen LogP contribution in [0.3, 0.4) is 0 Å². The fraction of sp³-hybridized carbons (Fsp3) is 0.267. The van der Waals surface area contributed by atoms with Gasteiger partial charge in [-0.2, -0.15) is 0 Å². The molecule has 0 amide bonds. The minimum Gasteiger partial charge on any atom is -0.308 e. The van der Waals surface area contributed by atoms with Crippen LogP contribution < -0.4 is 5.32 Å². The van der Waals surface area contributed by atoms with Crippen molar-refractivity contribution in [1.82, 2.24) is 10.3 Å². The van der Waals surface area contributed by atoms with Gasteiger partial charge in [-0.1, -0.05) is 12.1 Å². The molecule has 0 fully saturated rings. The van der Waals surface area contributed by atoms with Crippen LogP contribution in [0.4, 0.5) is 8.78 Å². The highest BCUT2D eigenvalue weighted by molar-refractivity contribution is 5.34. The fourth-order valence-electron chi connectivity index (χ4n) is 2.11. The molecule has 19 heavy (non-hydrogen) atoms. The normalized spacial score (nSPS) is 12.5. The van der Waals surface area contributed by atoms with E-state index in [1.807, 2.05) is 19.1 Å². The molecule has 1 unspecified atom stereocenters. The molecule has 0 saturated carbocycles. The van der Waals surface area contributed by atoms with Crippen LogP contribution in [0, 0.1) is 25.5 Å². The molecule has 2 nitrogen and oxygen atoms in total. The molecule has 0 saturated heterocycles. The lowest BCUT2D eigenvalue weighted by atomic mass is 9.99. The molecule has 1 atom stereocenters. The van der Waals surface area contributed by atoms with Gasteiger partial charge in [0.2, 0.25) is 0 Å². The monoisotopic (exact) mass is 262 g/mol. The van der Waals surface area contributed by atoms with E-state index in [1.165, 1.54) is 12.1 Å². The summed E-state index contributed by atoms with van der Waals surface area (Å²) in [5, 5.41) is 2.93. The van der Waals surface area contributed by atoms with Crippen molar-refractivity contribution < 1.29 is 8.78 Å². The fourth-order valence-corrected chi connectivity index (χ4v) is 2.11. The first-order valence-electron chi connectivity index (χ1n) is 6.10. The summed E-state index contributed by atoms with van der Waals surface area (Å²) in [6.45, 7) is 3.47. The Morgan fingerprint density at radius 2 is 1.84 bits per heavy atom. The van der Waals surface area contributed by atoms with Crippen molar-refractivity contribution >= 4 is 0 Å². The molecule has 0 bridgehead atoms. The lowest BCUT2D eigenvalue weighted by Crippen LogP contribution is -2.22. The Morgan fingerprint density at radius 3 is 2.47 bits per heavy atom. The van der Waals surface area contributed by atoms with Gasteiger partial charge in [0.1, 0.15) is 11.6 Å². The van der Waals surface area contributed by atoms with Crippen LogP contribution in [0.15, 0.2) is 30.3 Å². The van der Waals surface area contributed by atoms with Gasteiger partial charge < -0.3 is 5.32 Å². The Balaban J connectivity index is 2.57. The second kappa shape index (κ2) is 5.45. The maximum atomic E-state index is 14.2. The van der Waals surface area contributed by atoms with Crippen LogP contribution in [0.1, 0.15) is 28.6 Å². The number of hydrogen-bond donors (Lipinski definition) is 1. The molecular formula is C15H16F2N2. The zero-order valence-electron chi connectivity index (χ0n) is 11.2. The summed E-state index contributed by atoms with van der Waals surface area (Å²) in [4.78, 5) is 4.34. The molecular weight excluding hydrogens is 246 g/mol. The van der Waals surface area contributed by atoms with Gasteiger partial charge in [-0.15, -0.1) is 0 Å². The maximum absolute atomic E-state index is 14.2. The Bertz CT molecular complexity index is 597. The second-order valence-electron chi connectivity index (χ2n) is 4.52. The zero-order valence-corrected chi connectivity index (χ0v) is 11.2. The van der Waals surface area contributed by atoms with Gasteiger partial charge in [-0.25, -0.2) is 8.78 Å². The van der Waals surface area contributed by atoms with E-state index in [2.05, 4.69) is 10.3 Å². The third kappa shape index (κ3) is 2.63. The molecule has 2 aromatic rings. The number of halogens is 2. The highest BCUT2D eigenvalue weighted by Gasteiger charge is 2.22. The standard InChI is InChI=1S/C15H16F2N2/c1-9-7-8-11(16)13(14(9)17)15(18-3)12-6-4-5-10(2)19-12/h4-8,15,18H,1-3H3. The smallest absolute Gasteiger partial charge is 0.134 e. The predicted molar refractivity (Wildman–Crippen MR) is 71.0 cm³/mol. The van der Waals surface area contributed by atoms with Crippen LogP contribution in [-0.2, 0) is 0 Å². The van der Waals surface area contributed by atoms with Crippen molar-refractivity contribution in [2.45, 2.75) is 19.9 Å². The molecule has 1 aromatic carbocycles. The van der Waals surface area contributed by atoms with Crippen LogP contribution in [-0.4, -0.2) is 12.0 Å². The van der Waals surface area contributed by atoms with E-state index in [0.717, 1.165) is 5.69 Å². The van der Waals surface area contributed by atoms with Gasteiger partial charge in [-0.3, -0.25) is 4.98 Å². The number of aromatic nitrogens is 1. The number of benzene rings is 1. The minimum atomic E-state index is -0.597. The van der Waals surface area contributed by atoms with Crippen LogP contribution in [0.2, 0.25) is 0 Å². The van der Waals surface area contributed by atoms with E-state index in [1.54, 1.807) is 20.0 Å². The maximum Gasteiger partial charge on any atom is 0.134 e. The topological polar surface area (TPSA) is 24.9 Å². The summed E-state index contributed by atoms with van der Waals surface area (Å²) in [6.07, 6.45) is 0. The molecule has 0 aliphatic carbocycles. The van der Waals surface area contributed by atoms with E-state index < -0.39 is 17.7 Å². The number of pyridine rings is 1. The number of hydrogen-bond acceptors (Lipinski definition) is 2. The molecule has 1 N–H and O–H groups in total. The molecule has 0 aliphatic rings. The average molecular weight is 262 g/mol. The summed E-state index contributed by atoms with van der Waals surface area (Å²) in [7, 11) is 1.66. The molecule has 1 aromatic heterocycles. The highest BCUT2D eigenvalue weighted by Crippen LogP contribution is 2.27. The van der Waals surface area contributed by atoms with Gasteiger partial charge in [-0.05, 0) is 44.7 Å². The molecule has 0 radical (unpaired) electrons. The van der Waals surface area contributed by atoms with E-state index in [-0.39, 0.29) is 5.56 Å². The first-order chi connectivity index (χ1) is 9.04. The van der Waals surface area contributed by atoms with Crippen molar-refractivity contribution in [2.75, 3.05) is 7.05 Å². The largest absolute Gasteiger partial charge is 0.308 e. The molecule has 2 rings (SSSR count). The Morgan fingerprint density at radius 1 is 1.11 bits per heavy atom. The molecule has 100 valence electrons. The summed E-state index contributed by atoms with van der Waals surface area (Å²) in [5.74, 6) is -1.09. The van der Waals surface area contributed by atoms with Gasteiger partial charge in [0.15, 0.2) is 0 Å². The van der Waals surface area contributed by atoms with Crippen molar-refractivity contribution in [3.8, 4) is 0 Å². The summed E-state index contributed by atoms with van der Waals surface area (Å²) in [5.41, 5.74) is 1.85. The van der Waals surface area contributed by atoms with Crippen LogP contribution >= 0.6 is 0 Å². The van der Waals surface area contributed by atoms with E-state index in [4.69, 9.17) is 0 Å². The average Bonchev–Trinajstić information content (AvgIpc) is 2.39. The number of rotatable bonds is 3. The summed E-state index contributed by atoms with van der Waals surface area (Å²) in [6, 6.07) is 7.56. The molecule has 4 heteroatoms. The van der Waals surface area contributed by atoms with Gasteiger partial charge in [0, 0.05) is 11.3 Å². The Labute approximate surface area is 111 Å². The minimum absolute atomic E-state index is 0.0144. The van der Waals surface area contributed by atoms with Gasteiger partial charge in [0.25, 0.3) is 0 Å². The molecule has 1 heterocycles.